The van der Waals surface area contributed by atoms with Crippen molar-refractivity contribution < 1.29 is 0 Å². The Bertz CT molecular complexity index is 399. The Kier molecular flexibility index (Phi) is 5.84. The van der Waals surface area contributed by atoms with Gasteiger partial charge in [0.15, 0.2) is 0 Å². The first-order valence-electron chi connectivity index (χ1n) is 8.10. The topological polar surface area (TPSA) is 28.2 Å². The molecule has 1 aromatic heterocycles. The van der Waals surface area contributed by atoms with Crippen LogP contribution in [0, 0.1) is 11.8 Å². The van der Waals surface area contributed by atoms with Gasteiger partial charge in [-0.3, -0.25) is 0 Å². The molecule has 1 aliphatic rings. The third-order valence-corrected chi connectivity index (χ3v) is 3.70. The van der Waals surface area contributed by atoms with E-state index in [4.69, 9.17) is 0 Å². The number of pyridine rings is 1. The molecule has 3 heteroatoms. The first-order valence-corrected chi connectivity index (χ1v) is 8.10. The number of anilines is 1. The second kappa shape index (κ2) is 7.63. The van der Waals surface area contributed by atoms with Gasteiger partial charge in [0.1, 0.15) is 5.82 Å². The normalized spacial score (nSPS) is 14.8. The van der Waals surface area contributed by atoms with Gasteiger partial charge in [-0.1, -0.05) is 26.8 Å². The minimum Gasteiger partial charge on any atom is -0.356 e. The molecule has 0 unspecified atom stereocenters. The zero-order chi connectivity index (χ0) is 14.4. The molecule has 1 N–H and O–H groups in total. The molecule has 1 saturated carbocycles. The molecule has 0 saturated heterocycles. The summed E-state index contributed by atoms with van der Waals surface area (Å²) < 4.78 is 0. The van der Waals surface area contributed by atoms with Crippen molar-refractivity contribution in [3.63, 3.8) is 0 Å². The van der Waals surface area contributed by atoms with E-state index in [0.717, 1.165) is 25.6 Å². The molecule has 3 nitrogen and oxygen atoms in total. The number of nitrogens with zero attached hydrogens (tertiary/aromatic N) is 2. The third-order valence-electron chi connectivity index (χ3n) is 3.70. The van der Waals surface area contributed by atoms with E-state index >= 15 is 0 Å². The highest BCUT2D eigenvalue weighted by Gasteiger charge is 2.25. The summed E-state index contributed by atoms with van der Waals surface area (Å²) in [6.45, 7) is 11.0. The molecule has 0 amide bonds. The number of hydrogen-bond donors (Lipinski definition) is 1. The van der Waals surface area contributed by atoms with Crippen molar-refractivity contribution >= 4 is 5.82 Å². The standard InChI is InChI=1S/C17H29N3/c1-4-10-20(13-15-7-8-15)17-16(6-5-9-19-17)12-18-11-14(2)3/h5-6,9,14-15,18H,4,7-8,10-13H2,1-3H3. The van der Waals surface area contributed by atoms with E-state index in [1.807, 2.05) is 6.20 Å². The lowest BCUT2D eigenvalue weighted by molar-refractivity contribution is 0.550. The van der Waals surface area contributed by atoms with Crippen LogP contribution in [0.1, 0.15) is 45.6 Å². The molecule has 112 valence electrons. The molecule has 2 rings (SSSR count). The first-order chi connectivity index (χ1) is 9.70. The molecule has 20 heavy (non-hydrogen) atoms. The number of rotatable bonds is 9. The fourth-order valence-electron chi connectivity index (χ4n) is 2.51. The molecule has 1 aromatic rings. The monoisotopic (exact) mass is 275 g/mol. The smallest absolute Gasteiger partial charge is 0.133 e. The van der Waals surface area contributed by atoms with Crippen molar-refractivity contribution in [1.82, 2.24) is 10.3 Å². The Morgan fingerprint density at radius 3 is 2.85 bits per heavy atom. The SMILES string of the molecule is CCCN(CC1CC1)c1ncccc1CNCC(C)C. The molecule has 0 atom stereocenters. The van der Waals surface area contributed by atoms with Crippen LogP contribution in [-0.2, 0) is 6.54 Å². The zero-order valence-electron chi connectivity index (χ0n) is 13.2. The van der Waals surface area contributed by atoms with E-state index < -0.39 is 0 Å². The van der Waals surface area contributed by atoms with Crippen LogP contribution in [-0.4, -0.2) is 24.6 Å². The molecule has 1 heterocycles. The molecule has 0 aromatic carbocycles. The van der Waals surface area contributed by atoms with Crippen LogP contribution in [0.5, 0.6) is 0 Å². The molecule has 1 fully saturated rings. The Hall–Kier alpha value is -1.09. The Labute approximate surface area is 123 Å². The van der Waals surface area contributed by atoms with E-state index in [9.17, 15) is 0 Å². The third kappa shape index (κ3) is 4.78. The highest BCUT2D eigenvalue weighted by molar-refractivity contribution is 5.46. The molecule has 0 bridgehead atoms. The van der Waals surface area contributed by atoms with Gasteiger partial charge in [-0.15, -0.1) is 0 Å². The number of hydrogen-bond acceptors (Lipinski definition) is 3. The summed E-state index contributed by atoms with van der Waals surface area (Å²) in [6.07, 6.45) is 5.90. The van der Waals surface area contributed by atoms with Gasteiger partial charge in [0.25, 0.3) is 0 Å². The second-order valence-corrected chi connectivity index (χ2v) is 6.40. The van der Waals surface area contributed by atoms with E-state index in [0.29, 0.717) is 5.92 Å². The van der Waals surface area contributed by atoms with Crippen molar-refractivity contribution in [3.8, 4) is 0 Å². The summed E-state index contributed by atoms with van der Waals surface area (Å²) in [5, 5.41) is 3.54. The maximum Gasteiger partial charge on any atom is 0.133 e. The van der Waals surface area contributed by atoms with E-state index in [1.165, 1.54) is 37.2 Å². The second-order valence-electron chi connectivity index (χ2n) is 6.40. The summed E-state index contributed by atoms with van der Waals surface area (Å²) in [5.74, 6) is 2.78. The summed E-state index contributed by atoms with van der Waals surface area (Å²) in [6, 6.07) is 4.27. The average Bonchev–Trinajstić information content (AvgIpc) is 3.22. The van der Waals surface area contributed by atoms with Crippen LogP contribution in [0.2, 0.25) is 0 Å². The summed E-state index contributed by atoms with van der Waals surface area (Å²) in [7, 11) is 0. The van der Waals surface area contributed by atoms with Crippen LogP contribution in [0.3, 0.4) is 0 Å². The van der Waals surface area contributed by atoms with Crippen molar-refractivity contribution in [2.75, 3.05) is 24.5 Å². The van der Waals surface area contributed by atoms with E-state index in [-0.39, 0.29) is 0 Å². The van der Waals surface area contributed by atoms with Gasteiger partial charge < -0.3 is 10.2 Å². The van der Waals surface area contributed by atoms with Gasteiger partial charge in [-0.25, -0.2) is 4.98 Å². The minimum absolute atomic E-state index is 0.688. The van der Waals surface area contributed by atoms with Gasteiger partial charge in [0.2, 0.25) is 0 Å². The molecule has 0 radical (unpaired) electrons. The van der Waals surface area contributed by atoms with Crippen LogP contribution < -0.4 is 10.2 Å². The molecule has 0 spiro atoms. The zero-order valence-corrected chi connectivity index (χ0v) is 13.2. The van der Waals surface area contributed by atoms with Crippen LogP contribution >= 0.6 is 0 Å². The lowest BCUT2D eigenvalue weighted by atomic mass is 10.2. The van der Waals surface area contributed by atoms with Crippen LogP contribution in [0.25, 0.3) is 0 Å². The van der Waals surface area contributed by atoms with Crippen molar-refractivity contribution in [1.29, 1.82) is 0 Å². The van der Waals surface area contributed by atoms with Gasteiger partial charge in [-0.2, -0.15) is 0 Å². The van der Waals surface area contributed by atoms with Gasteiger partial charge >= 0.3 is 0 Å². The predicted molar refractivity (Wildman–Crippen MR) is 86.0 cm³/mol. The number of nitrogens with one attached hydrogen (secondary N) is 1. The quantitative estimate of drug-likeness (QED) is 0.748. The van der Waals surface area contributed by atoms with E-state index in [1.54, 1.807) is 0 Å². The fraction of sp³-hybridized carbons (Fsp3) is 0.706. The fourth-order valence-corrected chi connectivity index (χ4v) is 2.51. The lowest BCUT2D eigenvalue weighted by Crippen LogP contribution is -2.29. The van der Waals surface area contributed by atoms with Crippen molar-refractivity contribution in [3.05, 3.63) is 23.9 Å². The Morgan fingerprint density at radius 2 is 2.20 bits per heavy atom. The average molecular weight is 275 g/mol. The van der Waals surface area contributed by atoms with Crippen LogP contribution in [0.4, 0.5) is 5.82 Å². The summed E-state index contributed by atoms with van der Waals surface area (Å²) >= 11 is 0. The maximum atomic E-state index is 4.66. The van der Waals surface area contributed by atoms with Crippen LogP contribution in [0.15, 0.2) is 18.3 Å². The lowest BCUT2D eigenvalue weighted by Gasteiger charge is -2.25. The highest BCUT2D eigenvalue weighted by atomic mass is 15.2. The van der Waals surface area contributed by atoms with Gasteiger partial charge in [0, 0.05) is 31.4 Å². The van der Waals surface area contributed by atoms with Crippen molar-refractivity contribution in [2.45, 2.75) is 46.6 Å². The predicted octanol–water partition coefficient (Wildman–Crippen LogP) is 3.45. The molecular formula is C17H29N3. The van der Waals surface area contributed by atoms with E-state index in [2.05, 4.69) is 48.1 Å². The van der Waals surface area contributed by atoms with Gasteiger partial charge in [0.05, 0.1) is 0 Å². The largest absolute Gasteiger partial charge is 0.356 e. The first kappa shape index (κ1) is 15.3. The summed E-state index contributed by atoms with van der Waals surface area (Å²) in [5.41, 5.74) is 1.34. The Balaban J connectivity index is 2.02. The molecular weight excluding hydrogens is 246 g/mol. The van der Waals surface area contributed by atoms with Crippen molar-refractivity contribution in [2.24, 2.45) is 11.8 Å². The molecule has 1 aliphatic carbocycles. The minimum atomic E-state index is 0.688. The highest BCUT2D eigenvalue weighted by Crippen LogP contribution is 2.31. The maximum absolute atomic E-state index is 4.66. The number of aromatic nitrogens is 1. The summed E-state index contributed by atoms with van der Waals surface area (Å²) in [4.78, 5) is 7.15. The van der Waals surface area contributed by atoms with Gasteiger partial charge in [-0.05, 0) is 43.7 Å². The Morgan fingerprint density at radius 1 is 1.40 bits per heavy atom. The molecule has 0 aliphatic heterocycles.